The van der Waals surface area contributed by atoms with Gasteiger partial charge in [-0.05, 0) is 76.6 Å². The van der Waals surface area contributed by atoms with Gasteiger partial charge in [-0.2, -0.15) is 0 Å². The third-order valence-electron chi connectivity index (χ3n) is 7.54. The first kappa shape index (κ1) is 23.2. The van der Waals surface area contributed by atoms with Crippen LogP contribution in [0, 0.1) is 5.92 Å². The molecule has 0 fully saturated rings. The average molecular weight is 481 g/mol. The molecular formula is C35H32N2. The Morgan fingerprint density at radius 1 is 0.730 bits per heavy atom. The van der Waals surface area contributed by atoms with E-state index in [1.807, 2.05) is 0 Å². The van der Waals surface area contributed by atoms with Crippen molar-refractivity contribution in [1.29, 1.82) is 0 Å². The lowest BCUT2D eigenvalue weighted by molar-refractivity contribution is 0.629. The average Bonchev–Trinajstić information content (AvgIpc) is 2.92. The Kier molecular flexibility index (Phi) is 6.10. The third kappa shape index (κ3) is 4.44. The number of benzene rings is 4. The molecule has 0 radical (unpaired) electrons. The number of aromatic nitrogens is 1. The Balaban J connectivity index is 1.52. The highest BCUT2D eigenvalue weighted by Crippen LogP contribution is 2.35. The number of nitrogens with zero attached hydrogens (tertiary/aromatic N) is 1. The van der Waals surface area contributed by atoms with Crippen LogP contribution in [0.25, 0.3) is 32.8 Å². The molecule has 6 rings (SSSR count). The maximum Gasteiger partial charge on any atom is 0.0946 e. The second-order valence-corrected chi connectivity index (χ2v) is 10.3. The smallest absolute Gasteiger partial charge is 0.0946 e. The number of allylic oxidation sites excluding steroid dienone is 3. The van der Waals surface area contributed by atoms with Crippen LogP contribution in [0.3, 0.4) is 0 Å². The van der Waals surface area contributed by atoms with Crippen molar-refractivity contribution in [3.05, 3.63) is 137 Å². The summed E-state index contributed by atoms with van der Waals surface area (Å²) in [6.45, 7) is 6.78. The van der Waals surface area contributed by atoms with E-state index in [2.05, 4.69) is 135 Å². The molecule has 1 aromatic heterocycles. The van der Waals surface area contributed by atoms with E-state index in [1.54, 1.807) is 0 Å². The number of hydrogen-bond donors (Lipinski definition) is 1. The van der Waals surface area contributed by atoms with Gasteiger partial charge < -0.3 is 5.32 Å². The lowest BCUT2D eigenvalue weighted by atomic mass is 9.89. The van der Waals surface area contributed by atoms with E-state index in [4.69, 9.17) is 4.98 Å². The van der Waals surface area contributed by atoms with Gasteiger partial charge in [0.1, 0.15) is 0 Å². The summed E-state index contributed by atoms with van der Waals surface area (Å²) >= 11 is 0. The molecule has 1 aliphatic rings. The lowest BCUT2D eigenvalue weighted by Gasteiger charge is -2.29. The number of fused-ring (bicyclic) bond motifs is 2. The molecule has 0 spiro atoms. The monoisotopic (exact) mass is 480 g/mol. The molecule has 4 aromatic carbocycles. The normalized spacial score (nSPS) is 16.6. The van der Waals surface area contributed by atoms with Gasteiger partial charge in [0.25, 0.3) is 0 Å². The van der Waals surface area contributed by atoms with E-state index < -0.39 is 0 Å². The van der Waals surface area contributed by atoms with E-state index in [9.17, 15) is 0 Å². The van der Waals surface area contributed by atoms with Crippen molar-refractivity contribution in [2.24, 2.45) is 5.92 Å². The Hall–Kier alpha value is -4.17. The largest absolute Gasteiger partial charge is 0.373 e. The molecule has 2 nitrogen and oxygen atoms in total. The number of nitrogens with one attached hydrogen (secondary N) is 1. The minimum atomic E-state index is -0.0808. The third-order valence-corrected chi connectivity index (χ3v) is 7.54. The van der Waals surface area contributed by atoms with Crippen molar-refractivity contribution in [1.82, 2.24) is 10.3 Å². The fourth-order valence-corrected chi connectivity index (χ4v) is 5.90. The van der Waals surface area contributed by atoms with Crippen molar-refractivity contribution in [3.63, 3.8) is 0 Å². The van der Waals surface area contributed by atoms with Crippen molar-refractivity contribution in [2.75, 3.05) is 0 Å². The standard InChI is InChI=1S/C35H32N2/c1-23-21-24(2)34(25(3)22-23)37-35(31-18-9-14-27-12-5-7-16-29(27)31)33-20-10-19-32(36-33)30-17-8-13-26-11-4-6-15-28(26)30/h4-21,23,35,37H,22H2,1-3H3. The van der Waals surface area contributed by atoms with Crippen LogP contribution in [0.15, 0.2) is 126 Å². The first-order valence-corrected chi connectivity index (χ1v) is 13.2. The highest BCUT2D eigenvalue weighted by molar-refractivity contribution is 5.95. The molecular weight excluding hydrogens is 448 g/mol. The number of hydrogen-bond acceptors (Lipinski definition) is 2. The van der Waals surface area contributed by atoms with Gasteiger partial charge in [-0.25, -0.2) is 0 Å². The van der Waals surface area contributed by atoms with Crippen LogP contribution in [-0.4, -0.2) is 4.98 Å². The SMILES string of the molecule is CC1=CC(C)CC(C)=C1NC(c1cccc(-c2cccc3ccccc23)n1)c1cccc2ccccc12. The predicted octanol–water partition coefficient (Wildman–Crippen LogP) is 8.99. The van der Waals surface area contributed by atoms with Gasteiger partial charge in [0.2, 0.25) is 0 Å². The van der Waals surface area contributed by atoms with Crippen LogP contribution in [-0.2, 0) is 0 Å². The molecule has 0 saturated heterocycles. The number of pyridine rings is 1. The molecule has 1 N–H and O–H groups in total. The fourth-order valence-electron chi connectivity index (χ4n) is 5.90. The highest BCUT2D eigenvalue weighted by atomic mass is 15.0. The molecule has 0 bridgehead atoms. The van der Waals surface area contributed by atoms with Crippen LogP contribution in [0.5, 0.6) is 0 Å². The zero-order valence-electron chi connectivity index (χ0n) is 21.7. The highest BCUT2D eigenvalue weighted by Gasteiger charge is 2.23. The molecule has 37 heavy (non-hydrogen) atoms. The van der Waals surface area contributed by atoms with Crippen LogP contribution in [0.2, 0.25) is 0 Å². The summed E-state index contributed by atoms with van der Waals surface area (Å²) in [6.07, 6.45) is 3.46. The topological polar surface area (TPSA) is 24.9 Å². The van der Waals surface area contributed by atoms with E-state index in [1.165, 1.54) is 44.0 Å². The summed E-state index contributed by atoms with van der Waals surface area (Å²) in [6, 6.07) is 36.6. The van der Waals surface area contributed by atoms with Gasteiger partial charge >= 0.3 is 0 Å². The van der Waals surface area contributed by atoms with Gasteiger partial charge in [0, 0.05) is 11.3 Å². The summed E-state index contributed by atoms with van der Waals surface area (Å²) in [5.74, 6) is 0.564. The van der Waals surface area contributed by atoms with E-state index in [0.29, 0.717) is 5.92 Å². The quantitative estimate of drug-likeness (QED) is 0.271. The minimum Gasteiger partial charge on any atom is -0.373 e. The molecule has 2 atom stereocenters. The van der Waals surface area contributed by atoms with Crippen LogP contribution in [0.1, 0.15) is 44.5 Å². The molecule has 182 valence electrons. The van der Waals surface area contributed by atoms with Gasteiger partial charge in [-0.3, -0.25) is 4.98 Å². The molecule has 5 aromatic rings. The molecule has 0 aliphatic heterocycles. The Labute approximate surface area is 219 Å². The summed E-state index contributed by atoms with van der Waals surface area (Å²) in [4.78, 5) is 5.30. The summed E-state index contributed by atoms with van der Waals surface area (Å²) in [5.41, 5.74) is 8.38. The van der Waals surface area contributed by atoms with Crippen LogP contribution < -0.4 is 5.32 Å². The van der Waals surface area contributed by atoms with Crippen molar-refractivity contribution in [3.8, 4) is 11.3 Å². The molecule has 0 amide bonds. The first-order valence-electron chi connectivity index (χ1n) is 13.2. The summed E-state index contributed by atoms with van der Waals surface area (Å²) in [5, 5.41) is 8.92. The Bertz CT molecular complexity index is 1660. The summed E-state index contributed by atoms with van der Waals surface area (Å²) in [7, 11) is 0. The van der Waals surface area contributed by atoms with Gasteiger partial charge in [-0.1, -0.05) is 104 Å². The molecule has 1 aliphatic carbocycles. The van der Waals surface area contributed by atoms with Crippen molar-refractivity contribution >= 4 is 21.5 Å². The second kappa shape index (κ2) is 9.71. The molecule has 1 heterocycles. The number of rotatable bonds is 5. The molecule has 0 saturated carbocycles. The van der Waals surface area contributed by atoms with Crippen LogP contribution in [0.4, 0.5) is 0 Å². The van der Waals surface area contributed by atoms with Gasteiger partial charge in [0.05, 0.1) is 17.4 Å². The Morgan fingerprint density at radius 3 is 2.16 bits per heavy atom. The Morgan fingerprint density at radius 2 is 1.38 bits per heavy atom. The minimum absolute atomic E-state index is 0.0808. The molecule has 2 heteroatoms. The zero-order chi connectivity index (χ0) is 25.4. The van der Waals surface area contributed by atoms with Gasteiger partial charge in [0.15, 0.2) is 0 Å². The van der Waals surface area contributed by atoms with E-state index in [-0.39, 0.29) is 6.04 Å². The first-order chi connectivity index (χ1) is 18.1. The fraction of sp³-hybridized carbons (Fsp3) is 0.171. The van der Waals surface area contributed by atoms with E-state index in [0.717, 1.165) is 23.4 Å². The van der Waals surface area contributed by atoms with Crippen molar-refractivity contribution < 1.29 is 0 Å². The maximum atomic E-state index is 5.30. The second-order valence-electron chi connectivity index (χ2n) is 10.3. The van der Waals surface area contributed by atoms with Gasteiger partial charge in [-0.15, -0.1) is 0 Å². The predicted molar refractivity (Wildman–Crippen MR) is 156 cm³/mol. The zero-order valence-corrected chi connectivity index (χ0v) is 21.7. The lowest BCUT2D eigenvalue weighted by Crippen LogP contribution is -2.26. The van der Waals surface area contributed by atoms with E-state index >= 15 is 0 Å². The summed E-state index contributed by atoms with van der Waals surface area (Å²) < 4.78 is 0. The molecule has 2 unspecified atom stereocenters. The van der Waals surface area contributed by atoms with Crippen LogP contribution >= 0.6 is 0 Å². The maximum absolute atomic E-state index is 5.30. The van der Waals surface area contributed by atoms with Crippen molar-refractivity contribution in [2.45, 2.75) is 33.2 Å².